The van der Waals surface area contributed by atoms with Gasteiger partial charge < -0.3 is 9.84 Å². The zero-order valence-corrected chi connectivity index (χ0v) is 17.3. The van der Waals surface area contributed by atoms with E-state index in [4.69, 9.17) is 4.74 Å². The third-order valence-electron chi connectivity index (χ3n) is 3.95. The largest absolute Gasteiger partial charge is 0.459 e. The van der Waals surface area contributed by atoms with Crippen molar-refractivity contribution in [1.82, 2.24) is 0 Å². The van der Waals surface area contributed by atoms with Gasteiger partial charge in [0.1, 0.15) is 6.10 Å². The Morgan fingerprint density at radius 1 is 0.958 bits per heavy atom. The predicted molar refractivity (Wildman–Crippen MR) is 106 cm³/mol. The van der Waals surface area contributed by atoms with E-state index in [-0.39, 0.29) is 6.10 Å². The van der Waals surface area contributed by atoms with Gasteiger partial charge in [-0.2, -0.15) is 0 Å². The van der Waals surface area contributed by atoms with Gasteiger partial charge in [-0.05, 0) is 24.8 Å². The maximum atomic E-state index is 12.1. The van der Waals surface area contributed by atoms with Crippen molar-refractivity contribution < 1.29 is 14.6 Å². The van der Waals surface area contributed by atoms with Gasteiger partial charge in [-0.1, -0.05) is 94.3 Å². The summed E-state index contributed by atoms with van der Waals surface area (Å²) in [7, 11) is 0. The summed E-state index contributed by atoms with van der Waals surface area (Å²) in [6.07, 6.45) is 8.02. The Morgan fingerprint density at radius 2 is 1.54 bits per heavy atom. The topological polar surface area (TPSA) is 46.5 Å². The summed E-state index contributed by atoms with van der Waals surface area (Å²) >= 11 is 6.85. The molecule has 1 N–H and O–H groups in total. The highest BCUT2D eigenvalue weighted by atomic mass is 79.9. The molecular weight excluding hydrogens is 436 g/mol. The lowest BCUT2D eigenvalue weighted by atomic mass is 10.1. The molecule has 24 heavy (non-hydrogen) atoms. The number of carbonyl (C=O) groups is 1. The lowest BCUT2D eigenvalue weighted by Crippen LogP contribution is -2.24. The number of aliphatic hydroxyl groups excluding tert-OH is 1. The number of ether oxygens (including phenoxy) is 1. The fourth-order valence-electron chi connectivity index (χ4n) is 2.52. The number of hydrogen-bond donors (Lipinski definition) is 1. The van der Waals surface area contributed by atoms with E-state index in [1.165, 1.54) is 32.1 Å². The van der Waals surface area contributed by atoms with Crippen molar-refractivity contribution in [1.29, 1.82) is 0 Å². The second-order valence-electron chi connectivity index (χ2n) is 5.98. The highest BCUT2D eigenvalue weighted by Gasteiger charge is 2.22. The number of benzene rings is 1. The zero-order valence-electron chi connectivity index (χ0n) is 14.1. The first kappa shape index (κ1) is 21.7. The van der Waals surface area contributed by atoms with Crippen LogP contribution in [0.3, 0.4) is 0 Å². The van der Waals surface area contributed by atoms with Gasteiger partial charge in [-0.3, -0.25) is 0 Å². The summed E-state index contributed by atoms with van der Waals surface area (Å²) in [5, 5.41) is 11.8. The number of esters is 1. The van der Waals surface area contributed by atoms with Crippen LogP contribution in [-0.4, -0.2) is 27.8 Å². The standard InChI is InChI=1S/C19H28Br2O3/c20-14-10-5-3-1-2-4-9-13-17(15-21)24-19(23)18(22)16-11-7-6-8-12-16/h6-8,11-12,17-18,22H,1-5,9-10,13-15H2/t17-,18+/m1/s1. The normalized spacial score (nSPS) is 13.5. The smallest absolute Gasteiger partial charge is 0.339 e. The third kappa shape index (κ3) is 9.19. The van der Waals surface area contributed by atoms with Gasteiger partial charge in [0, 0.05) is 10.7 Å². The molecule has 1 rings (SSSR count). The lowest BCUT2D eigenvalue weighted by molar-refractivity contribution is -0.158. The van der Waals surface area contributed by atoms with Gasteiger partial charge in [-0.15, -0.1) is 0 Å². The van der Waals surface area contributed by atoms with Crippen molar-refractivity contribution in [3.8, 4) is 0 Å². The van der Waals surface area contributed by atoms with Gasteiger partial charge >= 0.3 is 5.97 Å². The van der Waals surface area contributed by atoms with Gasteiger partial charge in [-0.25, -0.2) is 4.79 Å². The molecular formula is C19H28Br2O3. The van der Waals surface area contributed by atoms with Crippen molar-refractivity contribution in [2.75, 3.05) is 10.7 Å². The Labute approximate surface area is 162 Å². The Bertz CT molecular complexity index is 439. The van der Waals surface area contributed by atoms with Gasteiger partial charge in [0.05, 0.1) is 0 Å². The molecule has 2 atom stereocenters. The molecule has 0 heterocycles. The molecule has 0 spiro atoms. The van der Waals surface area contributed by atoms with E-state index in [9.17, 15) is 9.90 Å². The first-order chi connectivity index (χ1) is 11.7. The Morgan fingerprint density at radius 3 is 2.12 bits per heavy atom. The summed E-state index contributed by atoms with van der Waals surface area (Å²) in [6.45, 7) is 0. The van der Waals surface area contributed by atoms with Gasteiger partial charge in [0.15, 0.2) is 6.10 Å². The van der Waals surface area contributed by atoms with Crippen LogP contribution in [-0.2, 0) is 9.53 Å². The molecule has 3 nitrogen and oxygen atoms in total. The highest BCUT2D eigenvalue weighted by molar-refractivity contribution is 9.09. The van der Waals surface area contributed by atoms with E-state index in [1.807, 2.05) is 6.07 Å². The lowest BCUT2D eigenvalue weighted by Gasteiger charge is -2.18. The SMILES string of the molecule is O=C(O[C@@H](CBr)CCCCCCCCCBr)[C@@H](O)c1ccccc1. The Hall–Kier alpha value is -0.390. The molecule has 136 valence electrons. The fourth-order valence-corrected chi connectivity index (χ4v) is 3.37. The molecule has 0 aliphatic heterocycles. The molecule has 5 heteroatoms. The monoisotopic (exact) mass is 462 g/mol. The molecule has 0 saturated heterocycles. The van der Waals surface area contributed by atoms with E-state index in [2.05, 4.69) is 31.9 Å². The van der Waals surface area contributed by atoms with Crippen LogP contribution in [0.2, 0.25) is 0 Å². The molecule has 0 unspecified atom stereocenters. The summed E-state index contributed by atoms with van der Waals surface area (Å²) in [6, 6.07) is 8.90. The van der Waals surface area contributed by atoms with Crippen molar-refractivity contribution in [3.05, 3.63) is 35.9 Å². The number of unbranched alkanes of at least 4 members (excludes halogenated alkanes) is 6. The van der Waals surface area contributed by atoms with E-state index >= 15 is 0 Å². The van der Waals surface area contributed by atoms with Crippen LogP contribution < -0.4 is 0 Å². The van der Waals surface area contributed by atoms with Crippen LogP contribution >= 0.6 is 31.9 Å². The number of carbonyl (C=O) groups excluding carboxylic acids is 1. The first-order valence-electron chi connectivity index (χ1n) is 8.74. The molecule has 0 amide bonds. The minimum absolute atomic E-state index is 0.177. The van der Waals surface area contributed by atoms with Crippen LogP contribution in [0.15, 0.2) is 30.3 Å². The van der Waals surface area contributed by atoms with E-state index in [1.54, 1.807) is 24.3 Å². The second kappa shape index (κ2) is 13.9. The fraction of sp³-hybridized carbons (Fsp3) is 0.632. The highest BCUT2D eigenvalue weighted by Crippen LogP contribution is 2.18. The maximum Gasteiger partial charge on any atom is 0.339 e. The number of hydrogen-bond acceptors (Lipinski definition) is 3. The van der Waals surface area contributed by atoms with Crippen LogP contribution in [0.25, 0.3) is 0 Å². The molecule has 0 aliphatic rings. The number of aliphatic hydroxyl groups is 1. The Kier molecular flexibility index (Phi) is 12.5. The van der Waals surface area contributed by atoms with E-state index < -0.39 is 12.1 Å². The van der Waals surface area contributed by atoms with Crippen molar-refractivity contribution in [3.63, 3.8) is 0 Å². The molecule has 0 saturated carbocycles. The van der Waals surface area contributed by atoms with Crippen molar-refractivity contribution in [2.45, 2.75) is 63.6 Å². The average molecular weight is 464 g/mol. The first-order valence-corrected chi connectivity index (χ1v) is 11.0. The third-order valence-corrected chi connectivity index (χ3v) is 5.24. The quantitative estimate of drug-likeness (QED) is 0.237. The second-order valence-corrected chi connectivity index (χ2v) is 7.42. The number of rotatable bonds is 13. The molecule has 0 aliphatic carbocycles. The average Bonchev–Trinajstić information content (AvgIpc) is 2.62. The predicted octanol–water partition coefficient (Wildman–Crippen LogP) is 5.54. The van der Waals surface area contributed by atoms with Gasteiger partial charge in [0.2, 0.25) is 0 Å². The van der Waals surface area contributed by atoms with Crippen LogP contribution in [0, 0.1) is 0 Å². The molecule has 0 bridgehead atoms. The summed E-state index contributed by atoms with van der Waals surface area (Å²) < 4.78 is 5.43. The maximum absolute atomic E-state index is 12.1. The molecule has 1 aromatic carbocycles. The van der Waals surface area contributed by atoms with Crippen LogP contribution in [0.4, 0.5) is 0 Å². The number of alkyl halides is 2. The van der Waals surface area contributed by atoms with Crippen LogP contribution in [0.5, 0.6) is 0 Å². The minimum Gasteiger partial charge on any atom is -0.459 e. The molecule has 0 aromatic heterocycles. The van der Waals surface area contributed by atoms with Crippen molar-refractivity contribution in [2.24, 2.45) is 0 Å². The molecule has 0 fully saturated rings. The number of halogens is 2. The molecule has 1 aromatic rings. The minimum atomic E-state index is -1.21. The van der Waals surface area contributed by atoms with Crippen molar-refractivity contribution >= 4 is 37.8 Å². The molecule has 0 radical (unpaired) electrons. The zero-order chi connectivity index (χ0) is 17.6. The van der Waals surface area contributed by atoms with Gasteiger partial charge in [0.25, 0.3) is 0 Å². The van der Waals surface area contributed by atoms with E-state index in [0.717, 1.165) is 24.6 Å². The van der Waals surface area contributed by atoms with Crippen LogP contribution in [0.1, 0.15) is 63.0 Å². The summed E-state index contributed by atoms with van der Waals surface area (Å²) in [5.74, 6) is -0.569. The van der Waals surface area contributed by atoms with E-state index in [0.29, 0.717) is 10.9 Å². The summed E-state index contributed by atoms with van der Waals surface area (Å²) in [4.78, 5) is 12.1. The summed E-state index contributed by atoms with van der Waals surface area (Å²) in [5.41, 5.74) is 0.569. The Balaban J connectivity index is 2.20.